The Morgan fingerprint density at radius 2 is 1.68 bits per heavy atom. The van der Waals surface area contributed by atoms with Gasteiger partial charge >= 0.3 is 6.18 Å². The van der Waals surface area contributed by atoms with Gasteiger partial charge in [0.05, 0.1) is 23.5 Å². The van der Waals surface area contributed by atoms with Gasteiger partial charge in [0, 0.05) is 11.1 Å². The summed E-state index contributed by atoms with van der Waals surface area (Å²) in [4.78, 5) is 19.6. The SMILES string of the molecule is [C-]#[N+]c1ccc(-c2c(CC)nn3c(=O)c(C)c(-c4ccc(C(F)(F)F)cc4)[nH]c23)cc1. The summed E-state index contributed by atoms with van der Waals surface area (Å²) in [5.41, 5.74) is 3.33. The first-order valence-corrected chi connectivity index (χ1v) is 9.54. The minimum absolute atomic E-state index is 0.345. The van der Waals surface area contributed by atoms with E-state index in [0.717, 1.165) is 23.3 Å². The summed E-state index contributed by atoms with van der Waals surface area (Å²) in [6, 6.07) is 11.6. The van der Waals surface area contributed by atoms with E-state index in [1.165, 1.54) is 16.6 Å². The van der Waals surface area contributed by atoms with Crippen LogP contribution >= 0.6 is 0 Å². The lowest BCUT2D eigenvalue weighted by Gasteiger charge is -2.11. The Bertz CT molecular complexity index is 1370. The summed E-state index contributed by atoms with van der Waals surface area (Å²) >= 11 is 0. The molecule has 4 aromatic rings. The zero-order valence-electron chi connectivity index (χ0n) is 16.7. The lowest BCUT2D eigenvalue weighted by molar-refractivity contribution is -0.137. The van der Waals surface area contributed by atoms with E-state index < -0.39 is 11.7 Å². The van der Waals surface area contributed by atoms with E-state index in [2.05, 4.69) is 14.9 Å². The monoisotopic (exact) mass is 422 g/mol. The average Bonchev–Trinajstić information content (AvgIpc) is 3.14. The standard InChI is InChI=1S/C23H17F3N4O/c1-4-18-19(14-7-11-17(27-3)12-8-14)21-28-20(13(2)22(31)30(21)29-18)15-5-9-16(10-6-15)23(24,25)26/h5-12,28H,4H2,1-2H3. The number of nitrogens with one attached hydrogen (secondary N) is 1. The number of aromatic amines is 1. The van der Waals surface area contributed by atoms with Gasteiger partial charge in [-0.1, -0.05) is 43.3 Å². The number of aryl methyl sites for hydroxylation is 1. The molecule has 0 saturated heterocycles. The molecule has 4 rings (SSSR count). The Kier molecular flexibility index (Phi) is 4.90. The van der Waals surface area contributed by atoms with Crippen LogP contribution in [0.1, 0.15) is 23.7 Å². The molecule has 0 spiro atoms. The number of aromatic nitrogens is 3. The molecule has 156 valence electrons. The maximum atomic E-state index is 13.0. The summed E-state index contributed by atoms with van der Waals surface area (Å²) in [5, 5.41) is 4.46. The molecule has 1 N–H and O–H groups in total. The highest BCUT2D eigenvalue weighted by Crippen LogP contribution is 2.33. The van der Waals surface area contributed by atoms with Crippen LogP contribution in [0.2, 0.25) is 0 Å². The van der Waals surface area contributed by atoms with Crippen molar-refractivity contribution in [3.63, 3.8) is 0 Å². The molecule has 0 atom stereocenters. The van der Waals surface area contributed by atoms with Gasteiger partial charge in [-0.3, -0.25) is 4.79 Å². The zero-order valence-corrected chi connectivity index (χ0v) is 16.7. The third-order valence-corrected chi connectivity index (χ3v) is 5.21. The number of halogens is 3. The van der Waals surface area contributed by atoms with Crippen molar-refractivity contribution in [2.24, 2.45) is 0 Å². The second-order valence-electron chi connectivity index (χ2n) is 7.10. The fourth-order valence-corrected chi connectivity index (χ4v) is 3.57. The van der Waals surface area contributed by atoms with E-state index in [1.54, 1.807) is 31.2 Å². The quantitative estimate of drug-likeness (QED) is 0.425. The molecule has 0 radical (unpaired) electrons. The fourth-order valence-electron chi connectivity index (χ4n) is 3.57. The van der Waals surface area contributed by atoms with E-state index in [-0.39, 0.29) is 5.56 Å². The van der Waals surface area contributed by atoms with Crippen LogP contribution in [0.25, 0.3) is 32.9 Å². The van der Waals surface area contributed by atoms with E-state index in [1.807, 2.05) is 6.92 Å². The number of nitrogens with zero attached hydrogens (tertiary/aromatic N) is 3. The maximum Gasteiger partial charge on any atom is 0.416 e. The molecule has 0 fully saturated rings. The third kappa shape index (κ3) is 3.48. The molecule has 0 aliphatic heterocycles. The molecule has 2 aromatic carbocycles. The van der Waals surface area contributed by atoms with E-state index >= 15 is 0 Å². The summed E-state index contributed by atoms with van der Waals surface area (Å²) in [5.74, 6) is 0. The lowest BCUT2D eigenvalue weighted by atomic mass is 10.0. The first kappa shape index (κ1) is 20.4. The molecular formula is C23H17F3N4O. The summed E-state index contributed by atoms with van der Waals surface area (Å²) < 4.78 is 40.1. The van der Waals surface area contributed by atoms with Crippen molar-refractivity contribution >= 4 is 11.3 Å². The van der Waals surface area contributed by atoms with Gasteiger partial charge in [-0.15, -0.1) is 0 Å². The van der Waals surface area contributed by atoms with E-state index in [4.69, 9.17) is 6.57 Å². The van der Waals surface area contributed by atoms with Crippen LogP contribution in [-0.2, 0) is 12.6 Å². The molecule has 0 aliphatic carbocycles. The molecule has 5 nitrogen and oxygen atoms in total. The Labute approximate surface area is 175 Å². The van der Waals surface area contributed by atoms with E-state index in [9.17, 15) is 18.0 Å². The number of hydrogen-bond donors (Lipinski definition) is 1. The summed E-state index contributed by atoms with van der Waals surface area (Å²) in [6.45, 7) is 10.7. The second kappa shape index (κ2) is 7.43. The van der Waals surface area contributed by atoms with Crippen LogP contribution in [0.4, 0.5) is 18.9 Å². The topological polar surface area (TPSA) is 54.5 Å². The molecule has 0 saturated carbocycles. The molecule has 0 aliphatic rings. The van der Waals surface area contributed by atoms with Crippen LogP contribution in [0.5, 0.6) is 0 Å². The minimum Gasteiger partial charge on any atom is -0.339 e. The largest absolute Gasteiger partial charge is 0.416 e. The number of rotatable bonds is 3. The van der Waals surface area contributed by atoms with Crippen LogP contribution in [0, 0.1) is 13.5 Å². The molecule has 31 heavy (non-hydrogen) atoms. The summed E-state index contributed by atoms with van der Waals surface area (Å²) in [7, 11) is 0. The maximum absolute atomic E-state index is 13.0. The number of hydrogen-bond acceptors (Lipinski definition) is 2. The Morgan fingerprint density at radius 1 is 1.06 bits per heavy atom. The average molecular weight is 422 g/mol. The van der Waals surface area contributed by atoms with Crippen LogP contribution in [0.15, 0.2) is 53.3 Å². The molecule has 2 aromatic heterocycles. The second-order valence-corrected chi connectivity index (χ2v) is 7.10. The number of fused-ring (bicyclic) bond motifs is 1. The van der Waals surface area contributed by atoms with Gasteiger partial charge in [0.1, 0.15) is 5.65 Å². The van der Waals surface area contributed by atoms with Gasteiger partial charge in [-0.25, -0.2) is 4.85 Å². The Hall–Kier alpha value is -3.86. The lowest BCUT2D eigenvalue weighted by Crippen LogP contribution is -2.19. The Balaban J connectivity index is 1.96. The van der Waals surface area contributed by atoms with Gasteiger partial charge in [-0.05, 0) is 36.6 Å². The predicted molar refractivity (Wildman–Crippen MR) is 112 cm³/mol. The van der Waals surface area contributed by atoms with Crippen molar-refractivity contribution in [1.29, 1.82) is 0 Å². The van der Waals surface area contributed by atoms with Crippen molar-refractivity contribution in [3.8, 4) is 22.4 Å². The molecule has 2 heterocycles. The van der Waals surface area contributed by atoms with Crippen LogP contribution in [-0.4, -0.2) is 14.6 Å². The number of H-pyrrole nitrogens is 1. The predicted octanol–water partition coefficient (Wildman–Crippen LogP) is 5.80. The smallest absolute Gasteiger partial charge is 0.339 e. The normalized spacial score (nSPS) is 11.6. The van der Waals surface area contributed by atoms with Crippen LogP contribution < -0.4 is 5.56 Å². The molecule has 0 unspecified atom stereocenters. The molecule has 0 amide bonds. The van der Waals surface area contributed by atoms with Gasteiger partial charge in [0.15, 0.2) is 5.69 Å². The van der Waals surface area contributed by atoms with Gasteiger partial charge in [-0.2, -0.15) is 22.8 Å². The molecule has 8 heteroatoms. The van der Waals surface area contributed by atoms with Gasteiger partial charge in [0.2, 0.25) is 0 Å². The Morgan fingerprint density at radius 3 is 2.23 bits per heavy atom. The highest BCUT2D eigenvalue weighted by Gasteiger charge is 2.30. The van der Waals surface area contributed by atoms with Gasteiger partial charge < -0.3 is 4.98 Å². The number of benzene rings is 2. The van der Waals surface area contributed by atoms with Crippen molar-refractivity contribution in [3.05, 3.63) is 87.1 Å². The number of alkyl halides is 3. The van der Waals surface area contributed by atoms with E-state index in [0.29, 0.717) is 40.3 Å². The first-order chi connectivity index (χ1) is 14.7. The van der Waals surface area contributed by atoms with Crippen molar-refractivity contribution < 1.29 is 13.2 Å². The molecule has 0 bridgehead atoms. The van der Waals surface area contributed by atoms with Gasteiger partial charge in [0.25, 0.3) is 5.56 Å². The third-order valence-electron chi connectivity index (χ3n) is 5.21. The van der Waals surface area contributed by atoms with Crippen molar-refractivity contribution in [2.75, 3.05) is 0 Å². The highest BCUT2D eigenvalue weighted by atomic mass is 19.4. The molecular weight excluding hydrogens is 405 g/mol. The van der Waals surface area contributed by atoms with Crippen LogP contribution in [0.3, 0.4) is 0 Å². The minimum atomic E-state index is -4.43. The zero-order chi connectivity index (χ0) is 22.3. The highest BCUT2D eigenvalue weighted by molar-refractivity contribution is 5.82. The first-order valence-electron chi connectivity index (χ1n) is 9.54. The fraction of sp³-hybridized carbons (Fsp3) is 0.174. The summed E-state index contributed by atoms with van der Waals surface area (Å²) in [6.07, 6.45) is -3.86. The van der Waals surface area contributed by atoms with Crippen molar-refractivity contribution in [1.82, 2.24) is 14.6 Å². The van der Waals surface area contributed by atoms with Crippen molar-refractivity contribution in [2.45, 2.75) is 26.4 Å².